The van der Waals surface area contributed by atoms with Gasteiger partial charge < -0.3 is 23.8 Å². The number of aromatic nitrogens is 1. The van der Waals surface area contributed by atoms with Crippen molar-refractivity contribution in [1.82, 2.24) is 9.88 Å². The van der Waals surface area contributed by atoms with Gasteiger partial charge in [-0.1, -0.05) is 30.3 Å². The second-order valence-corrected chi connectivity index (χ2v) is 10.9. The Kier molecular flexibility index (Phi) is 9.00. The van der Waals surface area contributed by atoms with Crippen LogP contribution in [0.4, 0.5) is 10.1 Å². The normalized spacial score (nSPS) is 17.4. The van der Waals surface area contributed by atoms with E-state index in [1.165, 1.54) is 11.6 Å². The van der Waals surface area contributed by atoms with Crippen molar-refractivity contribution in [1.29, 1.82) is 0 Å². The van der Waals surface area contributed by atoms with Crippen LogP contribution in [0.15, 0.2) is 72.9 Å². The van der Waals surface area contributed by atoms with Gasteiger partial charge in [0.25, 0.3) is 0 Å². The van der Waals surface area contributed by atoms with E-state index in [2.05, 4.69) is 22.0 Å². The summed E-state index contributed by atoms with van der Waals surface area (Å²) in [4.78, 5) is 21.3. The van der Waals surface area contributed by atoms with Crippen LogP contribution in [0.5, 0.6) is 23.0 Å². The largest absolute Gasteiger partial charge is 0.491 e. The Hall–Kier alpha value is -4.21. The Bertz CT molecular complexity index is 1560. The molecule has 1 amide bonds. The molecule has 0 saturated carbocycles. The number of anilines is 1. The van der Waals surface area contributed by atoms with Gasteiger partial charge >= 0.3 is 0 Å². The number of ether oxygens (including phenoxy) is 4. The molecule has 3 heterocycles. The monoisotopic (exact) mass is 585 g/mol. The summed E-state index contributed by atoms with van der Waals surface area (Å²) in [5, 5.41) is 0.668. The molecule has 2 aliphatic heterocycles. The predicted octanol–water partition coefficient (Wildman–Crippen LogP) is 5.87. The molecule has 9 heteroatoms. The average molecular weight is 586 g/mol. The molecule has 0 aliphatic carbocycles. The van der Waals surface area contributed by atoms with Gasteiger partial charge in [-0.15, -0.1) is 0 Å². The minimum Gasteiger partial charge on any atom is -0.491 e. The van der Waals surface area contributed by atoms with Crippen LogP contribution in [0.3, 0.4) is 0 Å². The smallest absolute Gasteiger partial charge is 0.227 e. The lowest BCUT2D eigenvalue weighted by Gasteiger charge is -2.26. The molecule has 0 radical (unpaired) electrons. The molecule has 0 spiro atoms. The third kappa shape index (κ3) is 6.73. The minimum absolute atomic E-state index is 0.000315. The number of fused-ring (bicyclic) bond motifs is 1. The third-order valence-electron chi connectivity index (χ3n) is 7.99. The van der Waals surface area contributed by atoms with E-state index in [-0.39, 0.29) is 17.6 Å². The minimum atomic E-state index is -0.547. The molecule has 2 saturated heterocycles. The molecule has 1 aromatic heterocycles. The van der Waals surface area contributed by atoms with Crippen molar-refractivity contribution >= 4 is 22.5 Å². The summed E-state index contributed by atoms with van der Waals surface area (Å²) in [6, 6.07) is 20.1. The number of morpholine rings is 1. The van der Waals surface area contributed by atoms with Crippen molar-refractivity contribution in [2.45, 2.75) is 19.3 Å². The second-order valence-electron chi connectivity index (χ2n) is 10.9. The van der Waals surface area contributed by atoms with Crippen LogP contribution < -0.4 is 19.1 Å². The lowest BCUT2D eigenvalue weighted by Crippen LogP contribution is -2.37. The van der Waals surface area contributed by atoms with E-state index in [0.29, 0.717) is 53.4 Å². The molecule has 0 N–H and O–H groups in total. The van der Waals surface area contributed by atoms with Crippen LogP contribution >= 0.6 is 0 Å². The summed E-state index contributed by atoms with van der Waals surface area (Å²) in [6.45, 7) is 5.48. The van der Waals surface area contributed by atoms with Gasteiger partial charge in [-0.2, -0.15) is 0 Å². The van der Waals surface area contributed by atoms with Gasteiger partial charge in [-0.05, 0) is 54.7 Å². The first-order valence-corrected chi connectivity index (χ1v) is 14.8. The Morgan fingerprint density at radius 2 is 1.81 bits per heavy atom. The zero-order chi connectivity index (χ0) is 29.6. The van der Waals surface area contributed by atoms with Crippen LogP contribution in [0.2, 0.25) is 0 Å². The van der Waals surface area contributed by atoms with Gasteiger partial charge in [0.2, 0.25) is 5.91 Å². The Balaban J connectivity index is 1.13. The van der Waals surface area contributed by atoms with Gasteiger partial charge in [-0.3, -0.25) is 14.7 Å². The van der Waals surface area contributed by atoms with Crippen molar-refractivity contribution in [2.75, 3.05) is 58.0 Å². The van der Waals surface area contributed by atoms with E-state index >= 15 is 4.39 Å². The van der Waals surface area contributed by atoms with Crippen LogP contribution in [-0.4, -0.2) is 68.9 Å². The number of amides is 1. The van der Waals surface area contributed by atoms with Crippen molar-refractivity contribution in [3.8, 4) is 23.0 Å². The average Bonchev–Trinajstić information content (AvgIpc) is 3.40. The van der Waals surface area contributed by atoms with Gasteiger partial charge in [0.05, 0.1) is 26.9 Å². The molecule has 224 valence electrons. The highest BCUT2D eigenvalue weighted by Gasteiger charge is 2.31. The Labute approximate surface area is 250 Å². The first kappa shape index (κ1) is 28.9. The summed E-state index contributed by atoms with van der Waals surface area (Å²) >= 11 is 0. The van der Waals surface area contributed by atoms with Crippen molar-refractivity contribution < 1.29 is 28.1 Å². The second kappa shape index (κ2) is 13.4. The van der Waals surface area contributed by atoms with E-state index in [4.69, 9.17) is 18.9 Å². The number of hydrogen-bond donors (Lipinski definition) is 0. The first-order chi connectivity index (χ1) is 21.1. The predicted molar refractivity (Wildman–Crippen MR) is 163 cm³/mol. The highest BCUT2D eigenvalue weighted by atomic mass is 19.1. The van der Waals surface area contributed by atoms with E-state index in [9.17, 15) is 4.79 Å². The number of rotatable bonds is 11. The maximum Gasteiger partial charge on any atom is 0.227 e. The van der Waals surface area contributed by atoms with Crippen LogP contribution in [-0.2, 0) is 16.0 Å². The number of methoxy groups -OCH3 is 1. The molecule has 4 aromatic rings. The molecule has 2 fully saturated rings. The standard InChI is InChI=1S/C34H36FN3O5/c1-40-34-31(42-17-5-14-37-15-18-41-19-16-37)11-9-27-29(12-13-36-33(27)34)43-30-10-8-26(22-28(30)35)38-23-25(21-32(38)39)20-24-6-3-2-4-7-24/h2-4,6-13,22,25H,5,14-21,23H2,1H3. The highest BCUT2D eigenvalue weighted by molar-refractivity contribution is 5.96. The SMILES string of the molecule is COc1c(OCCCN2CCOCC2)ccc2c(Oc3ccc(N4CC(Cc5ccccc5)CC4=O)cc3F)ccnc12. The van der Waals surface area contributed by atoms with Crippen LogP contribution in [0.25, 0.3) is 10.9 Å². The number of carbonyl (C=O) groups is 1. The molecule has 2 aliphatic rings. The number of pyridine rings is 1. The fraction of sp³-hybridized carbons (Fsp3) is 0.353. The van der Waals surface area contributed by atoms with Crippen LogP contribution in [0.1, 0.15) is 18.4 Å². The van der Waals surface area contributed by atoms with E-state index < -0.39 is 5.82 Å². The van der Waals surface area contributed by atoms with E-state index in [1.807, 2.05) is 30.3 Å². The third-order valence-corrected chi connectivity index (χ3v) is 7.99. The summed E-state index contributed by atoms with van der Waals surface area (Å²) in [6.07, 6.45) is 3.74. The molecular weight excluding hydrogens is 549 g/mol. The van der Waals surface area contributed by atoms with E-state index in [1.54, 1.807) is 36.4 Å². The molecular formula is C34H36FN3O5. The summed E-state index contributed by atoms with van der Waals surface area (Å²) in [7, 11) is 1.58. The van der Waals surface area contributed by atoms with Crippen LogP contribution in [0, 0.1) is 11.7 Å². The van der Waals surface area contributed by atoms with Gasteiger partial charge in [0, 0.05) is 55.9 Å². The number of halogens is 1. The zero-order valence-corrected chi connectivity index (χ0v) is 24.3. The summed E-state index contributed by atoms with van der Waals surface area (Å²) in [5.41, 5.74) is 2.29. The summed E-state index contributed by atoms with van der Waals surface area (Å²) < 4.78 is 38.5. The van der Waals surface area contributed by atoms with Crippen molar-refractivity contribution in [2.24, 2.45) is 5.92 Å². The molecule has 8 nitrogen and oxygen atoms in total. The van der Waals surface area contributed by atoms with Crippen molar-refractivity contribution in [3.05, 3.63) is 84.3 Å². The highest BCUT2D eigenvalue weighted by Crippen LogP contribution is 2.40. The Morgan fingerprint density at radius 1 is 1.00 bits per heavy atom. The van der Waals surface area contributed by atoms with Crippen molar-refractivity contribution in [3.63, 3.8) is 0 Å². The molecule has 1 unspecified atom stereocenters. The molecule has 1 atom stereocenters. The molecule has 3 aromatic carbocycles. The topological polar surface area (TPSA) is 73.4 Å². The van der Waals surface area contributed by atoms with Gasteiger partial charge in [0.1, 0.15) is 11.3 Å². The lowest BCUT2D eigenvalue weighted by molar-refractivity contribution is -0.117. The molecule has 0 bridgehead atoms. The number of benzene rings is 3. The fourth-order valence-corrected chi connectivity index (χ4v) is 5.82. The Morgan fingerprint density at radius 3 is 2.60 bits per heavy atom. The van der Waals surface area contributed by atoms with Gasteiger partial charge in [0.15, 0.2) is 23.1 Å². The molecule has 6 rings (SSSR count). The number of carbonyl (C=O) groups excluding carboxylic acids is 1. The first-order valence-electron chi connectivity index (χ1n) is 14.8. The van der Waals surface area contributed by atoms with Gasteiger partial charge in [-0.25, -0.2) is 4.39 Å². The maximum absolute atomic E-state index is 15.3. The summed E-state index contributed by atoms with van der Waals surface area (Å²) in [5.74, 6) is 1.24. The number of hydrogen-bond acceptors (Lipinski definition) is 7. The fourth-order valence-electron chi connectivity index (χ4n) is 5.82. The lowest BCUT2D eigenvalue weighted by atomic mass is 9.99. The maximum atomic E-state index is 15.3. The van der Waals surface area contributed by atoms with E-state index in [0.717, 1.165) is 45.7 Å². The number of nitrogens with zero attached hydrogens (tertiary/aromatic N) is 3. The zero-order valence-electron chi connectivity index (χ0n) is 24.3. The molecule has 43 heavy (non-hydrogen) atoms. The quantitative estimate of drug-likeness (QED) is 0.204.